The van der Waals surface area contributed by atoms with Crippen molar-refractivity contribution in [2.45, 2.75) is 114 Å². The molecule has 3 N–H and O–H groups in total. The average Bonchev–Trinajstić information content (AvgIpc) is 3.67. The number of rotatable bonds is 10. The SMILES string of the molecule is CC1(C)O[C@H]2OC(CO)(CO)C(OCc3ccccc3)[C@@H]2O1.CC[C@@]1(CO)O[C@@H]2OC(C)(C)O[C@H]2C1OCc1ccccc1. The number of aliphatic hydroxyl groups is 3. The van der Waals surface area contributed by atoms with Crippen molar-refractivity contribution in [2.75, 3.05) is 19.8 Å². The summed E-state index contributed by atoms with van der Waals surface area (Å²) in [6.07, 6.45) is -2.32. The van der Waals surface area contributed by atoms with Gasteiger partial charge < -0.3 is 53.2 Å². The van der Waals surface area contributed by atoms with Gasteiger partial charge in [-0.15, -0.1) is 0 Å². The van der Waals surface area contributed by atoms with E-state index in [1.54, 1.807) is 13.8 Å². The van der Waals surface area contributed by atoms with E-state index in [1.807, 2.05) is 81.4 Å². The van der Waals surface area contributed by atoms with Gasteiger partial charge in [-0.3, -0.25) is 0 Å². The predicted molar refractivity (Wildman–Crippen MR) is 157 cm³/mol. The van der Waals surface area contributed by atoms with Crippen LogP contribution in [0.4, 0.5) is 0 Å². The Bertz CT molecular complexity index is 1090. The lowest BCUT2D eigenvalue weighted by Gasteiger charge is -2.34. The Morgan fingerprint density at radius 2 is 0.955 bits per heavy atom. The van der Waals surface area contributed by atoms with E-state index in [-0.39, 0.29) is 32.0 Å². The number of aliphatic hydroxyl groups excluding tert-OH is 3. The predicted octanol–water partition coefficient (Wildman–Crippen LogP) is 3.02. The fraction of sp³-hybridized carbons (Fsp3) is 0.636. The van der Waals surface area contributed by atoms with Gasteiger partial charge in [0.2, 0.25) is 0 Å². The van der Waals surface area contributed by atoms with Crippen LogP contribution in [0.25, 0.3) is 0 Å². The Morgan fingerprint density at radius 3 is 1.34 bits per heavy atom. The molecule has 0 saturated carbocycles. The Labute approximate surface area is 258 Å². The molecule has 11 nitrogen and oxygen atoms in total. The van der Waals surface area contributed by atoms with Crippen LogP contribution in [-0.4, -0.2) is 94.9 Å². The van der Waals surface area contributed by atoms with Crippen LogP contribution in [-0.2, 0) is 51.1 Å². The summed E-state index contributed by atoms with van der Waals surface area (Å²) in [4.78, 5) is 0. The minimum absolute atomic E-state index is 0.122. The standard InChI is InChI=1S/C17H24O5.C16H22O6/c1-4-17(11-18)14(19-10-12-8-6-5-7-9-12)13-15(22-17)21-16(2,3)20-13;1-15(2)20-12-13(19-8-11-6-4-3-5-7-11)16(9-17,10-18)22-14(12)21-15/h5-9,13-15,18H,4,10-11H2,1-3H3;3-7,12-14,17-18H,8-10H2,1-2H3/t13-,14?,15-,17-;12-,13?,14-/m00/s1. The highest BCUT2D eigenvalue weighted by molar-refractivity contribution is 5.15. The Kier molecular flexibility index (Phi) is 10.2. The van der Waals surface area contributed by atoms with E-state index >= 15 is 0 Å². The fourth-order valence-electron chi connectivity index (χ4n) is 6.14. The fourth-order valence-corrected chi connectivity index (χ4v) is 6.14. The van der Waals surface area contributed by atoms with Crippen molar-refractivity contribution in [1.29, 1.82) is 0 Å². The Hall–Kier alpha value is -2.00. The maximum absolute atomic E-state index is 9.85. The highest BCUT2D eigenvalue weighted by Gasteiger charge is 2.63. The molecule has 0 aliphatic carbocycles. The van der Waals surface area contributed by atoms with E-state index in [4.69, 9.17) is 37.9 Å². The number of ether oxygens (including phenoxy) is 8. The van der Waals surface area contributed by atoms with Gasteiger partial charge in [0.25, 0.3) is 0 Å². The van der Waals surface area contributed by atoms with Gasteiger partial charge in [0.1, 0.15) is 35.6 Å². The second kappa shape index (κ2) is 13.4. The highest BCUT2D eigenvalue weighted by Crippen LogP contribution is 2.46. The van der Waals surface area contributed by atoms with Crippen LogP contribution in [0.5, 0.6) is 0 Å². The summed E-state index contributed by atoms with van der Waals surface area (Å²) < 4.78 is 47.0. The molecule has 0 amide bonds. The molecule has 6 rings (SSSR count). The monoisotopic (exact) mass is 618 g/mol. The summed E-state index contributed by atoms with van der Waals surface area (Å²) in [6.45, 7) is 9.19. The molecule has 7 atom stereocenters. The van der Waals surface area contributed by atoms with Gasteiger partial charge >= 0.3 is 0 Å². The molecule has 4 fully saturated rings. The van der Waals surface area contributed by atoms with Gasteiger partial charge in [-0.05, 0) is 45.2 Å². The summed E-state index contributed by atoms with van der Waals surface area (Å²) in [5.74, 6) is -1.47. The van der Waals surface area contributed by atoms with Crippen LogP contribution < -0.4 is 0 Å². The van der Waals surface area contributed by atoms with E-state index in [0.717, 1.165) is 11.1 Å². The zero-order chi connectivity index (χ0) is 31.6. The summed E-state index contributed by atoms with van der Waals surface area (Å²) in [6, 6.07) is 19.6. The highest BCUT2D eigenvalue weighted by atomic mass is 16.9. The zero-order valence-electron chi connectivity index (χ0n) is 26.1. The molecule has 0 bridgehead atoms. The molecule has 2 aromatic carbocycles. The minimum atomic E-state index is -1.22. The number of fused-ring (bicyclic) bond motifs is 2. The summed E-state index contributed by atoms with van der Waals surface area (Å²) in [7, 11) is 0. The maximum atomic E-state index is 9.85. The molecule has 2 unspecified atom stereocenters. The molecule has 2 aromatic rings. The second-order valence-electron chi connectivity index (χ2n) is 12.6. The largest absolute Gasteiger partial charge is 0.393 e. The van der Waals surface area contributed by atoms with Gasteiger partial charge in [0, 0.05) is 0 Å². The number of hydrogen-bond donors (Lipinski definition) is 3. The van der Waals surface area contributed by atoms with Gasteiger partial charge in [-0.25, -0.2) is 0 Å². The van der Waals surface area contributed by atoms with Crippen LogP contribution in [0.3, 0.4) is 0 Å². The van der Waals surface area contributed by atoms with Gasteiger partial charge in [0.15, 0.2) is 24.2 Å². The lowest BCUT2D eigenvalue weighted by Crippen LogP contribution is -2.52. The first-order valence-corrected chi connectivity index (χ1v) is 15.2. The van der Waals surface area contributed by atoms with Crippen molar-refractivity contribution in [3.05, 3.63) is 71.8 Å². The first-order chi connectivity index (χ1) is 21.0. The topological polar surface area (TPSA) is 135 Å². The van der Waals surface area contributed by atoms with E-state index in [0.29, 0.717) is 19.6 Å². The molecule has 11 heteroatoms. The third-order valence-corrected chi connectivity index (χ3v) is 8.46. The van der Waals surface area contributed by atoms with E-state index < -0.39 is 47.6 Å². The summed E-state index contributed by atoms with van der Waals surface area (Å²) in [5.41, 5.74) is 0.0716. The third kappa shape index (κ3) is 6.89. The molecule has 44 heavy (non-hydrogen) atoms. The van der Waals surface area contributed by atoms with Gasteiger partial charge in [-0.2, -0.15) is 0 Å². The molecule has 4 aliphatic rings. The number of hydrogen-bond acceptors (Lipinski definition) is 11. The lowest BCUT2D eigenvalue weighted by atomic mass is 9.93. The first kappa shape index (κ1) is 33.4. The quantitative estimate of drug-likeness (QED) is 0.363. The van der Waals surface area contributed by atoms with Crippen LogP contribution in [0.15, 0.2) is 60.7 Å². The summed E-state index contributed by atoms with van der Waals surface area (Å²) >= 11 is 0. The van der Waals surface area contributed by atoms with Crippen molar-refractivity contribution in [3.8, 4) is 0 Å². The number of benzene rings is 2. The zero-order valence-corrected chi connectivity index (χ0v) is 26.1. The van der Waals surface area contributed by atoms with Crippen molar-refractivity contribution < 1.29 is 53.2 Å². The lowest BCUT2D eigenvalue weighted by molar-refractivity contribution is -0.258. The molecule has 0 radical (unpaired) electrons. The molecule has 4 saturated heterocycles. The van der Waals surface area contributed by atoms with E-state index in [2.05, 4.69) is 0 Å². The molecular weight excluding hydrogens is 572 g/mol. The molecule has 0 aromatic heterocycles. The maximum Gasteiger partial charge on any atom is 0.190 e. The van der Waals surface area contributed by atoms with Crippen molar-refractivity contribution in [2.24, 2.45) is 0 Å². The van der Waals surface area contributed by atoms with Crippen LogP contribution in [0.1, 0.15) is 52.2 Å². The smallest absolute Gasteiger partial charge is 0.190 e. The first-order valence-electron chi connectivity index (χ1n) is 15.2. The normalized spacial score (nSPS) is 34.3. The van der Waals surface area contributed by atoms with Gasteiger partial charge in [-0.1, -0.05) is 67.6 Å². The van der Waals surface area contributed by atoms with Crippen LogP contribution in [0.2, 0.25) is 0 Å². The summed E-state index contributed by atoms with van der Waals surface area (Å²) in [5, 5.41) is 29.2. The second-order valence-corrected chi connectivity index (χ2v) is 12.6. The Morgan fingerprint density at radius 1 is 0.568 bits per heavy atom. The average molecular weight is 619 g/mol. The molecular formula is C33H46O11. The van der Waals surface area contributed by atoms with E-state index in [1.165, 1.54) is 0 Å². The van der Waals surface area contributed by atoms with Crippen molar-refractivity contribution in [1.82, 2.24) is 0 Å². The molecule has 0 spiro atoms. The molecule has 244 valence electrons. The molecule has 4 aliphatic heterocycles. The van der Waals surface area contributed by atoms with Crippen LogP contribution >= 0.6 is 0 Å². The van der Waals surface area contributed by atoms with Gasteiger partial charge in [0.05, 0.1) is 33.0 Å². The van der Waals surface area contributed by atoms with Crippen molar-refractivity contribution in [3.63, 3.8) is 0 Å². The van der Waals surface area contributed by atoms with E-state index in [9.17, 15) is 15.3 Å². The Balaban J connectivity index is 0.000000175. The third-order valence-electron chi connectivity index (χ3n) is 8.46. The molecule has 4 heterocycles. The van der Waals surface area contributed by atoms with Crippen LogP contribution in [0, 0.1) is 0 Å². The van der Waals surface area contributed by atoms with Crippen molar-refractivity contribution >= 4 is 0 Å². The minimum Gasteiger partial charge on any atom is -0.393 e.